The third kappa shape index (κ3) is 0.921. The predicted molar refractivity (Wildman–Crippen MR) is 55.1 cm³/mol. The Morgan fingerprint density at radius 1 is 1.36 bits per heavy atom. The van der Waals surface area contributed by atoms with E-state index in [4.69, 9.17) is 5.73 Å². The molecule has 2 aliphatic heterocycles. The first-order chi connectivity index (χ1) is 6.84. The number of nitrogens with zero attached hydrogens (tertiary/aromatic N) is 4. The van der Waals surface area contributed by atoms with Crippen LogP contribution in [0.15, 0.2) is 17.3 Å². The zero-order valence-corrected chi connectivity index (χ0v) is 7.51. The minimum absolute atomic E-state index is 0.310. The topological polar surface area (TPSA) is 67.4 Å². The number of aromatic nitrogens is 2. The normalized spacial score (nSPS) is 17.7. The summed E-state index contributed by atoms with van der Waals surface area (Å²) in [5.41, 5.74) is 6.55. The fraction of sp³-hybridized carbons (Fsp3) is 0.222. The van der Waals surface area contributed by atoms with Gasteiger partial charge in [-0.05, 0) is 12.2 Å². The van der Waals surface area contributed by atoms with E-state index in [-0.39, 0.29) is 0 Å². The van der Waals surface area contributed by atoms with Gasteiger partial charge in [0, 0.05) is 18.3 Å². The number of aliphatic imine (C=N–C) groups is 1. The van der Waals surface area contributed by atoms with Crippen molar-refractivity contribution in [2.45, 2.75) is 0 Å². The minimum Gasteiger partial charge on any atom is -0.368 e. The highest BCUT2D eigenvalue weighted by Gasteiger charge is 2.23. The zero-order valence-electron chi connectivity index (χ0n) is 7.51. The van der Waals surface area contributed by atoms with Crippen molar-refractivity contribution in [1.29, 1.82) is 0 Å². The van der Waals surface area contributed by atoms with E-state index in [9.17, 15) is 0 Å². The summed E-state index contributed by atoms with van der Waals surface area (Å²) in [7, 11) is 0. The van der Waals surface area contributed by atoms with Crippen molar-refractivity contribution in [2.24, 2.45) is 4.99 Å². The number of nitrogen functional groups attached to an aromatic ring is 1. The van der Waals surface area contributed by atoms with Crippen LogP contribution in [-0.4, -0.2) is 28.9 Å². The molecule has 3 rings (SSSR count). The van der Waals surface area contributed by atoms with Crippen LogP contribution in [0.5, 0.6) is 0 Å². The quantitative estimate of drug-likeness (QED) is 0.634. The Bertz CT molecular complexity index is 449. The van der Waals surface area contributed by atoms with Gasteiger partial charge in [0.15, 0.2) is 0 Å². The van der Waals surface area contributed by atoms with Crippen LogP contribution in [0.4, 0.5) is 11.8 Å². The second-order valence-electron chi connectivity index (χ2n) is 3.23. The minimum atomic E-state index is 0.310. The predicted octanol–water partition coefficient (Wildman–Crippen LogP) is 0.304. The van der Waals surface area contributed by atoms with Gasteiger partial charge in [-0.3, -0.25) is 4.99 Å². The number of nitrogens with two attached hydrogens (primary N) is 1. The number of rotatable bonds is 0. The van der Waals surface area contributed by atoms with E-state index in [2.05, 4.69) is 19.9 Å². The highest BCUT2D eigenvalue weighted by molar-refractivity contribution is 6.12. The fourth-order valence-corrected chi connectivity index (χ4v) is 1.71. The van der Waals surface area contributed by atoms with Crippen molar-refractivity contribution in [3.63, 3.8) is 0 Å². The highest BCUT2D eigenvalue weighted by atomic mass is 15.3. The van der Waals surface area contributed by atoms with E-state index >= 15 is 0 Å². The first kappa shape index (κ1) is 7.49. The molecule has 14 heavy (non-hydrogen) atoms. The molecule has 2 aliphatic rings. The van der Waals surface area contributed by atoms with E-state index in [1.165, 1.54) is 0 Å². The third-order valence-electron chi connectivity index (χ3n) is 2.36. The second-order valence-corrected chi connectivity index (χ2v) is 3.23. The van der Waals surface area contributed by atoms with Crippen molar-refractivity contribution >= 4 is 23.7 Å². The van der Waals surface area contributed by atoms with Gasteiger partial charge >= 0.3 is 0 Å². The van der Waals surface area contributed by atoms with Crippen LogP contribution < -0.4 is 10.6 Å². The van der Waals surface area contributed by atoms with E-state index in [0.717, 1.165) is 30.3 Å². The molecule has 0 unspecified atom stereocenters. The van der Waals surface area contributed by atoms with Crippen LogP contribution in [0, 0.1) is 0 Å². The van der Waals surface area contributed by atoms with Crippen LogP contribution in [0.2, 0.25) is 0 Å². The Balaban J connectivity index is 2.19. The van der Waals surface area contributed by atoms with Gasteiger partial charge in [0.05, 0.1) is 6.54 Å². The van der Waals surface area contributed by atoms with E-state index in [1.807, 2.05) is 12.2 Å². The molecule has 1 aromatic rings. The first-order valence-corrected chi connectivity index (χ1v) is 4.47. The molecule has 0 radical (unpaired) electrons. The maximum atomic E-state index is 5.55. The Hall–Kier alpha value is -1.91. The molecule has 5 heteroatoms. The number of fused-ring (bicyclic) bond motifs is 3. The first-order valence-electron chi connectivity index (χ1n) is 4.47. The molecule has 0 saturated carbocycles. The molecule has 0 bridgehead atoms. The van der Waals surface area contributed by atoms with Crippen LogP contribution in [0.25, 0.3) is 6.08 Å². The Morgan fingerprint density at radius 2 is 2.29 bits per heavy atom. The van der Waals surface area contributed by atoms with Gasteiger partial charge in [-0.1, -0.05) is 0 Å². The van der Waals surface area contributed by atoms with Crippen LogP contribution in [0.1, 0.15) is 5.56 Å². The molecule has 0 spiro atoms. The zero-order chi connectivity index (χ0) is 9.54. The Kier molecular flexibility index (Phi) is 1.36. The SMILES string of the molecule is Nc1ncc2c(n1)N1CCN=C1C=C2. The standard InChI is InChI=1S/C9H9N5/c10-9-12-5-6-1-2-7-11-3-4-14(7)8(6)13-9/h1-2,5H,3-4H2,(H2,10,12,13). The molecule has 70 valence electrons. The molecular weight excluding hydrogens is 178 g/mol. The summed E-state index contributed by atoms with van der Waals surface area (Å²) in [5.74, 6) is 2.15. The monoisotopic (exact) mass is 187 g/mol. The van der Waals surface area contributed by atoms with Gasteiger partial charge in [0.2, 0.25) is 5.95 Å². The van der Waals surface area contributed by atoms with Crippen molar-refractivity contribution in [1.82, 2.24) is 9.97 Å². The molecule has 5 nitrogen and oxygen atoms in total. The second kappa shape index (κ2) is 2.54. The molecule has 0 atom stereocenters. The van der Waals surface area contributed by atoms with Gasteiger partial charge in [-0.25, -0.2) is 4.98 Å². The lowest BCUT2D eigenvalue weighted by Gasteiger charge is -2.22. The number of hydrogen-bond acceptors (Lipinski definition) is 5. The molecule has 1 aromatic heterocycles. The lowest BCUT2D eigenvalue weighted by atomic mass is 10.2. The summed E-state index contributed by atoms with van der Waals surface area (Å²) in [4.78, 5) is 14.6. The summed E-state index contributed by atoms with van der Waals surface area (Å²) in [6.07, 6.45) is 5.69. The lowest BCUT2D eigenvalue weighted by Crippen LogP contribution is -2.29. The summed E-state index contributed by atoms with van der Waals surface area (Å²) in [5, 5.41) is 0. The molecule has 0 amide bonds. The van der Waals surface area contributed by atoms with Crippen LogP contribution >= 0.6 is 0 Å². The highest BCUT2D eigenvalue weighted by Crippen LogP contribution is 2.26. The number of amidine groups is 1. The van der Waals surface area contributed by atoms with Gasteiger partial charge in [0.1, 0.15) is 11.7 Å². The van der Waals surface area contributed by atoms with Crippen molar-refractivity contribution < 1.29 is 0 Å². The van der Waals surface area contributed by atoms with E-state index in [1.54, 1.807) is 6.20 Å². The molecule has 0 fully saturated rings. The molecule has 0 aromatic carbocycles. The maximum absolute atomic E-state index is 5.55. The summed E-state index contributed by atoms with van der Waals surface area (Å²) in [6.45, 7) is 1.70. The largest absolute Gasteiger partial charge is 0.368 e. The molecule has 2 N–H and O–H groups in total. The van der Waals surface area contributed by atoms with Crippen LogP contribution in [0.3, 0.4) is 0 Å². The molecule has 0 aliphatic carbocycles. The van der Waals surface area contributed by atoms with Crippen molar-refractivity contribution in [3.05, 3.63) is 17.8 Å². The summed E-state index contributed by atoms with van der Waals surface area (Å²) < 4.78 is 0. The average Bonchev–Trinajstić information content (AvgIpc) is 2.65. The van der Waals surface area contributed by atoms with E-state index in [0.29, 0.717) is 5.95 Å². The molecule has 3 heterocycles. The van der Waals surface area contributed by atoms with Gasteiger partial charge in [-0.15, -0.1) is 0 Å². The van der Waals surface area contributed by atoms with Gasteiger partial charge in [-0.2, -0.15) is 4.98 Å². The lowest BCUT2D eigenvalue weighted by molar-refractivity contribution is 0.988. The average molecular weight is 187 g/mol. The Morgan fingerprint density at radius 3 is 3.21 bits per heavy atom. The van der Waals surface area contributed by atoms with Gasteiger partial charge < -0.3 is 10.6 Å². The smallest absolute Gasteiger partial charge is 0.221 e. The maximum Gasteiger partial charge on any atom is 0.221 e. The number of hydrogen-bond donors (Lipinski definition) is 1. The summed E-state index contributed by atoms with van der Waals surface area (Å²) >= 11 is 0. The van der Waals surface area contributed by atoms with Crippen molar-refractivity contribution in [2.75, 3.05) is 23.7 Å². The number of anilines is 2. The third-order valence-corrected chi connectivity index (χ3v) is 2.36. The van der Waals surface area contributed by atoms with E-state index < -0.39 is 0 Å². The van der Waals surface area contributed by atoms with Gasteiger partial charge in [0.25, 0.3) is 0 Å². The molecular formula is C9H9N5. The fourth-order valence-electron chi connectivity index (χ4n) is 1.71. The molecule has 0 saturated heterocycles. The summed E-state index contributed by atoms with van der Waals surface area (Å²) in [6, 6.07) is 0. The Labute approximate surface area is 81.0 Å². The van der Waals surface area contributed by atoms with Crippen molar-refractivity contribution in [3.8, 4) is 0 Å². The van der Waals surface area contributed by atoms with Crippen LogP contribution in [-0.2, 0) is 0 Å².